The Hall–Kier alpha value is 0.110. The molecule has 3 fully saturated rings. The Labute approximate surface area is 129 Å². The highest BCUT2D eigenvalue weighted by molar-refractivity contribution is 8.24. The summed E-state index contributed by atoms with van der Waals surface area (Å²) >= 11 is 6.99. The van der Waals surface area contributed by atoms with Gasteiger partial charge in [-0.1, -0.05) is 24.0 Å². The molecule has 0 spiro atoms. The first-order valence-electron chi connectivity index (χ1n) is 7.14. The van der Waals surface area contributed by atoms with Crippen LogP contribution < -0.4 is 4.90 Å². The van der Waals surface area contributed by atoms with Gasteiger partial charge in [0.05, 0.1) is 37.3 Å². The van der Waals surface area contributed by atoms with Crippen LogP contribution in [0.25, 0.3) is 0 Å². The summed E-state index contributed by atoms with van der Waals surface area (Å²) in [7, 11) is -2.85. The van der Waals surface area contributed by atoms with Gasteiger partial charge in [0.25, 0.3) is 0 Å². The van der Waals surface area contributed by atoms with Crippen molar-refractivity contribution in [2.45, 2.75) is 17.7 Å². The second-order valence-electron chi connectivity index (χ2n) is 5.73. The molecule has 0 saturated carbocycles. The van der Waals surface area contributed by atoms with E-state index in [1.807, 2.05) is 0 Å². The zero-order chi connectivity index (χ0) is 14.2. The van der Waals surface area contributed by atoms with Crippen LogP contribution in [-0.4, -0.2) is 79.8 Å². The molecule has 3 saturated heterocycles. The second kappa shape index (κ2) is 6.08. The number of thiocarbonyl (C=S) groups is 1. The van der Waals surface area contributed by atoms with E-state index in [-0.39, 0.29) is 17.0 Å². The standard InChI is InChI=1S/C12H20N2O3S3/c15-20(16)8-10-11(9-20)19-12(18)14(10)3-1-2-13-4-6-17-7-5-13/h10-11H,1-9H2/p+1/t10-,11+/m1/s1. The Morgan fingerprint density at radius 2 is 2.10 bits per heavy atom. The van der Waals surface area contributed by atoms with Crippen LogP contribution in [0.4, 0.5) is 0 Å². The summed E-state index contributed by atoms with van der Waals surface area (Å²) in [5, 5.41) is 0.170. The number of sulfone groups is 1. The molecule has 2 atom stereocenters. The van der Waals surface area contributed by atoms with Crippen LogP contribution in [-0.2, 0) is 14.6 Å². The van der Waals surface area contributed by atoms with Crippen LogP contribution in [0, 0.1) is 0 Å². The van der Waals surface area contributed by atoms with Crippen molar-refractivity contribution in [3.8, 4) is 0 Å². The van der Waals surface area contributed by atoms with Gasteiger partial charge < -0.3 is 14.5 Å². The monoisotopic (exact) mass is 337 g/mol. The molecule has 0 radical (unpaired) electrons. The maximum Gasteiger partial charge on any atom is 0.153 e. The zero-order valence-corrected chi connectivity index (χ0v) is 13.9. The van der Waals surface area contributed by atoms with Gasteiger partial charge in [-0.05, 0) is 0 Å². The lowest BCUT2D eigenvalue weighted by Gasteiger charge is -2.27. The first-order chi connectivity index (χ1) is 9.55. The van der Waals surface area contributed by atoms with Crippen molar-refractivity contribution in [1.29, 1.82) is 0 Å². The quantitative estimate of drug-likeness (QED) is 0.650. The molecule has 20 heavy (non-hydrogen) atoms. The van der Waals surface area contributed by atoms with Gasteiger partial charge in [-0.25, -0.2) is 8.42 Å². The molecule has 3 rings (SSSR count). The number of nitrogens with one attached hydrogen (secondary N) is 1. The first-order valence-corrected chi connectivity index (χ1v) is 10.2. The van der Waals surface area contributed by atoms with E-state index in [1.165, 1.54) is 0 Å². The fraction of sp³-hybridized carbons (Fsp3) is 0.917. The van der Waals surface area contributed by atoms with Gasteiger partial charge in [-0.3, -0.25) is 0 Å². The molecular formula is C12H21N2O3S3+. The molecule has 0 aromatic heterocycles. The lowest BCUT2D eigenvalue weighted by Crippen LogP contribution is -3.14. The number of rotatable bonds is 4. The summed E-state index contributed by atoms with van der Waals surface area (Å²) in [6, 6.07) is 0.122. The molecule has 114 valence electrons. The predicted molar refractivity (Wildman–Crippen MR) is 84.1 cm³/mol. The van der Waals surface area contributed by atoms with E-state index in [9.17, 15) is 8.42 Å². The molecule has 0 aromatic rings. The topological polar surface area (TPSA) is 51.0 Å². The molecule has 0 bridgehead atoms. The van der Waals surface area contributed by atoms with Gasteiger partial charge in [0.2, 0.25) is 0 Å². The molecule has 0 unspecified atom stereocenters. The average molecular weight is 338 g/mol. The highest BCUT2D eigenvalue weighted by Crippen LogP contribution is 2.37. The van der Waals surface area contributed by atoms with Crippen molar-refractivity contribution in [1.82, 2.24) is 4.90 Å². The summed E-state index contributed by atoms with van der Waals surface area (Å²) in [4.78, 5) is 3.75. The Bertz CT molecular complexity index is 476. The highest BCUT2D eigenvalue weighted by Gasteiger charge is 2.47. The minimum absolute atomic E-state index is 0.122. The van der Waals surface area contributed by atoms with E-state index in [2.05, 4.69) is 4.90 Å². The maximum atomic E-state index is 11.7. The number of nitrogens with zero attached hydrogens (tertiary/aromatic N) is 1. The zero-order valence-electron chi connectivity index (χ0n) is 11.4. The van der Waals surface area contributed by atoms with Crippen LogP contribution >= 0.6 is 24.0 Å². The molecular weight excluding hydrogens is 316 g/mol. The summed E-state index contributed by atoms with van der Waals surface area (Å²) < 4.78 is 29.7. The largest absolute Gasteiger partial charge is 0.370 e. The number of morpholine rings is 1. The summed E-state index contributed by atoms with van der Waals surface area (Å²) in [5.41, 5.74) is 0. The number of thioether (sulfide) groups is 1. The highest BCUT2D eigenvalue weighted by atomic mass is 32.2. The lowest BCUT2D eigenvalue weighted by molar-refractivity contribution is -0.908. The maximum absolute atomic E-state index is 11.7. The molecule has 5 nitrogen and oxygen atoms in total. The van der Waals surface area contributed by atoms with E-state index in [1.54, 1.807) is 16.7 Å². The van der Waals surface area contributed by atoms with E-state index in [4.69, 9.17) is 17.0 Å². The summed E-state index contributed by atoms with van der Waals surface area (Å²) in [6.45, 7) is 5.90. The Kier molecular flexibility index (Phi) is 4.57. The second-order valence-corrected chi connectivity index (χ2v) is 9.75. The normalized spacial score (nSPS) is 33.6. The van der Waals surface area contributed by atoms with Gasteiger partial charge in [0, 0.05) is 18.2 Å². The van der Waals surface area contributed by atoms with Gasteiger partial charge in [-0.2, -0.15) is 0 Å². The SMILES string of the molecule is O=S1(=O)C[C@@H]2SC(=S)N(CCC[NH+]3CCOCC3)[C@@H]2C1. The number of fused-ring (bicyclic) bond motifs is 1. The third kappa shape index (κ3) is 3.30. The van der Waals surface area contributed by atoms with E-state index >= 15 is 0 Å². The van der Waals surface area contributed by atoms with Crippen molar-refractivity contribution in [2.24, 2.45) is 0 Å². The number of hydrogen-bond acceptors (Lipinski definition) is 5. The minimum atomic E-state index is -2.85. The van der Waals surface area contributed by atoms with Crippen LogP contribution in [0.3, 0.4) is 0 Å². The number of hydrogen-bond donors (Lipinski definition) is 1. The smallest absolute Gasteiger partial charge is 0.153 e. The van der Waals surface area contributed by atoms with Gasteiger partial charge >= 0.3 is 0 Å². The molecule has 0 amide bonds. The van der Waals surface area contributed by atoms with Crippen LogP contribution in [0.2, 0.25) is 0 Å². The van der Waals surface area contributed by atoms with Crippen molar-refractivity contribution in [3.05, 3.63) is 0 Å². The van der Waals surface area contributed by atoms with Gasteiger partial charge in [0.15, 0.2) is 9.84 Å². The van der Waals surface area contributed by atoms with Crippen molar-refractivity contribution in [2.75, 3.05) is 50.9 Å². The molecule has 0 aliphatic carbocycles. The van der Waals surface area contributed by atoms with Crippen molar-refractivity contribution >= 4 is 38.1 Å². The first kappa shape index (κ1) is 15.0. The molecule has 0 aromatic carbocycles. The minimum Gasteiger partial charge on any atom is -0.370 e. The van der Waals surface area contributed by atoms with Crippen LogP contribution in [0.15, 0.2) is 0 Å². The van der Waals surface area contributed by atoms with E-state index < -0.39 is 9.84 Å². The van der Waals surface area contributed by atoms with Crippen molar-refractivity contribution in [3.63, 3.8) is 0 Å². The molecule has 1 N–H and O–H groups in total. The number of ether oxygens (including phenoxy) is 1. The predicted octanol–water partition coefficient (Wildman–Crippen LogP) is -1.21. The van der Waals surface area contributed by atoms with Crippen molar-refractivity contribution < 1.29 is 18.1 Å². The average Bonchev–Trinajstić information content (AvgIpc) is 2.83. The summed E-state index contributed by atoms with van der Waals surface area (Å²) in [5.74, 6) is 0.586. The lowest BCUT2D eigenvalue weighted by atomic mass is 10.2. The molecule has 8 heteroatoms. The Morgan fingerprint density at radius 3 is 2.85 bits per heavy atom. The molecule has 3 aliphatic rings. The fourth-order valence-electron chi connectivity index (χ4n) is 3.20. The van der Waals surface area contributed by atoms with Crippen LogP contribution in [0.5, 0.6) is 0 Å². The Balaban J connectivity index is 1.50. The van der Waals surface area contributed by atoms with Gasteiger partial charge in [0.1, 0.15) is 17.4 Å². The van der Waals surface area contributed by atoms with Crippen LogP contribution in [0.1, 0.15) is 6.42 Å². The summed E-state index contributed by atoms with van der Waals surface area (Å²) in [6.07, 6.45) is 1.07. The van der Waals surface area contributed by atoms with E-state index in [0.717, 1.165) is 50.1 Å². The Morgan fingerprint density at radius 1 is 1.35 bits per heavy atom. The molecule has 3 heterocycles. The fourth-order valence-corrected chi connectivity index (χ4v) is 7.63. The van der Waals surface area contributed by atoms with Gasteiger partial charge in [-0.15, -0.1) is 0 Å². The third-order valence-corrected chi connectivity index (χ3v) is 7.96. The molecule has 3 aliphatic heterocycles. The van der Waals surface area contributed by atoms with E-state index in [0.29, 0.717) is 5.75 Å². The third-order valence-electron chi connectivity index (χ3n) is 4.29. The number of quaternary nitrogens is 1.